The molecular weight excluding hydrogens is 243 g/mol. The molecule has 0 atom stereocenters. The highest BCUT2D eigenvalue weighted by Crippen LogP contribution is 2.14. The summed E-state index contributed by atoms with van der Waals surface area (Å²) in [5.74, 6) is -0.481. The van der Waals surface area contributed by atoms with Crippen LogP contribution in [0.15, 0.2) is 18.2 Å². The summed E-state index contributed by atoms with van der Waals surface area (Å²) in [6.45, 7) is 0.794. The van der Waals surface area contributed by atoms with Gasteiger partial charge < -0.3 is 22.1 Å². The summed E-state index contributed by atoms with van der Waals surface area (Å²) in [6, 6.07) is 3.85. The first-order valence-electron chi connectivity index (χ1n) is 4.87. The largest absolute Gasteiger partial charge is 0.389 e. The molecule has 7 heteroatoms. The highest BCUT2D eigenvalue weighted by atomic mass is 32.1. The van der Waals surface area contributed by atoms with E-state index in [1.807, 2.05) is 0 Å². The second-order valence-electron chi connectivity index (χ2n) is 3.28. The molecule has 5 nitrogen and oxygen atoms in total. The second kappa shape index (κ2) is 6.00. The predicted octanol–water partition coefficient (Wildman–Crippen LogP) is 0.540. The normalized spacial score (nSPS) is 9.71. The summed E-state index contributed by atoms with van der Waals surface area (Å²) in [4.78, 5) is 10.4. The number of hydrogen-bond donors (Lipinski definition) is 4. The average Bonchev–Trinajstić information content (AvgIpc) is 2.23. The van der Waals surface area contributed by atoms with E-state index in [1.54, 1.807) is 6.07 Å². The Labute approximate surface area is 103 Å². The van der Waals surface area contributed by atoms with Crippen LogP contribution in [0.3, 0.4) is 0 Å². The Morgan fingerprint density at radius 3 is 2.59 bits per heavy atom. The van der Waals surface area contributed by atoms with Crippen molar-refractivity contribution in [2.75, 3.05) is 18.4 Å². The van der Waals surface area contributed by atoms with Gasteiger partial charge in [0.25, 0.3) is 0 Å². The van der Waals surface area contributed by atoms with Crippen LogP contribution < -0.4 is 22.1 Å². The van der Waals surface area contributed by atoms with Crippen molar-refractivity contribution in [3.63, 3.8) is 0 Å². The summed E-state index contributed by atoms with van der Waals surface area (Å²) in [7, 11) is 0. The second-order valence-corrected chi connectivity index (χ2v) is 3.72. The molecule has 0 spiro atoms. The number of carbonyl (C=O) groups excluding carboxylic acids is 1. The molecular formula is C10H13FN4OS. The number of benzene rings is 1. The Bertz CT molecular complexity index is 438. The van der Waals surface area contributed by atoms with E-state index in [-0.39, 0.29) is 10.6 Å². The first-order valence-corrected chi connectivity index (χ1v) is 5.28. The Kier molecular flexibility index (Phi) is 4.65. The highest BCUT2D eigenvalue weighted by Gasteiger charge is 2.05. The van der Waals surface area contributed by atoms with Gasteiger partial charge in [0.2, 0.25) is 0 Å². The molecule has 0 aliphatic rings. The van der Waals surface area contributed by atoms with Crippen LogP contribution in [0.1, 0.15) is 5.56 Å². The molecule has 0 heterocycles. The van der Waals surface area contributed by atoms with E-state index >= 15 is 0 Å². The average molecular weight is 256 g/mol. The van der Waals surface area contributed by atoms with Crippen molar-refractivity contribution in [1.29, 1.82) is 0 Å². The quantitative estimate of drug-likeness (QED) is 0.457. The first kappa shape index (κ1) is 13.2. The van der Waals surface area contributed by atoms with Crippen molar-refractivity contribution in [3.8, 4) is 0 Å². The van der Waals surface area contributed by atoms with Gasteiger partial charge in [0.1, 0.15) is 10.8 Å². The molecule has 17 heavy (non-hydrogen) atoms. The van der Waals surface area contributed by atoms with E-state index in [9.17, 15) is 9.18 Å². The van der Waals surface area contributed by atoms with E-state index in [1.165, 1.54) is 12.1 Å². The third kappa shape index (κ3) is 4.23. The van der Waals surface area contributed by atoms with Gasteiger partial charge >= 0.3 is 6.03 Å². The lowest BCUT2D eigenvalue weighted by molar-refractivity contribution is 0.249. The van der Waals surface area contributed by atoms with Crippen LogP contribution in [-0.4, -0.2) is 24.1 Å². The Morgan fingerprint density at radius 1 is 1.35 bits per heavy atom. The van der Waals surface area contributed by atoms with Gasteiger partial charge in [-0.25, -0.2) is 9.18 Å². The highest BCUT2D eigenvalue weighted by molar-refractivity contribution is 7.80. The smallest absolute Gasteiger partial charge is 0.312 e. The number of anilines is 1. The van der Waals surface area contributed by atoms with Gasteiger partial charge in [-0.15, -0.1) is 0 Å². The Morgan fingerprint density at radius 2 is 2.06 bits per heavy atom. The minimum absolute atomic E-state index is 0.0180. The first-order chi connectivity index (χ1) is 8.00. The fourth-order valence-corrected chi connectivity index (χ4v) is 1.38. The molecule has 0 saturated carbocycles. The third-order valence-electron chi connectivity index (χ3n) is 1.99. The zero-order valence-corrected chi connectivity index (χ0v) is 9.81. The van der Waals surface area contributed by atoms with Crippen molar-refractivity contribution in [1.82, 2.24) is 5.32 Å². The number of thiocarbonyl (C=S) groups is 1. The number of rotatable bonds is 5. The molecule has 0 aromatic heterocycles. The molecule has 0 saturated heterocycles. The lowest BCUT2D eigenvalue weighted by atomic mass is 10.2. The van der Waals surface area contributed by atoms with Gasteiger partial charge in [-0.2, -0.15) is 0 Å². The Hall–Kier alpha value is -1.89. The van der Waals surface area contributed by atoms with Crippen LogP contribution in [0.25, 0.3) is 0 Å². The minimum atomic E-state index is -0.596. The van der Waals surface area contributed by atoms with Crippen molar-refractivity contribution in [2.45, 2.75) is 0 Å². The predicted molar refractivity (Wildman–Crippen MR) is 68.4 cm³/mol. The number of primary amides is 1. The molecule has 0 bridgehead atoms. The van der Waals surface area contributed by atoms with E-state index in [0.29, 0.717) is 18.8 Å². The maximum absolute atomic E-state index is 13.4. The van der Waals surface area contributed by atoms with Gasteiger partial charge in [0, 0.05) is 24.3 Å². The molecule has 0 aliphatic carbocycles. The third-order valence-corrected chi connectivity index (χ3v) is 2.21. The van der Waals surface area contributed by atoms with Crippen LogP contribution in [-0.2, 0) is 0 Å². The van der Waals surface area contributed by atoms with Gasteiger partial charge in [0.05, 0.1) is 0 Å². The van der Waals surface area contributed by atoms with Crippen LogP contribution in [0.5, 0.6) is 0 Å². The molecule has 0 unspecified atom stereocenters. The number of nitrogens with one attached hydrogen (secondary N) is 2. The van der Waals surface area contributed by atoms with Crippen LogP contribution in [0, 0.1) is 5.82 Å². The van der Waals surface area contributed by atoms with Crippen molar-refractivity contribution < 1.29 is 9.18 Å². The molecule has 0 aliphatic heterocycles. The topological polar surface area (TPSA) is 93.2 Å². The molecule has 92 valence electrons. The Balaban J connectivity index is 2.53. The lowest BCUT2D eigenvalue weighted by Crippen LogP contribution is -2.33. The number of amides is 2. The molecule has 1 rings (SSSR count). The van der Waals surface area contributed by atoms with Gasteiger partial charge in [-0.05, 0) is 18.2 Å². The van der Waals surface area contributed by atoms with Crippen LogP contribution in [0.4, 0.5) is 14.9 Å². The van der Waals surface area contributed by atoms with E-state index in [0.717, 1.165) is 0 Å². The SMILES string of the molecule is NC(=O)NCCNc1ccc(C(N)=S)c(F)c1. The maximum atomic E-state index is 13.4. The van der Waals surface area contributed by atoms with Gasteiger partial charge in [0.15, 0.2) is 0 Å². The van der Waals surface area contributed by atoms with E-state index in [4.69, 9.17) is 11.5 Å². The van der Waals surface area contributed by atoms with Crippen LogP contribution in [0.2, 0.25) is 0 Å². The molecule has 2 amide bonds. The van der Waals surface area contributed by atoms with Crippen molar-refractivity contribution in [3.05, 3.63) is 29.6 Å². The molecule has 0 fully saturated rings. The zero-order valence-electron chi connectivity index (χ0n) is 9.00. The monoisotopic (exact) mass is 256 g/mol. The summed E-state index contributed by atoms with van der Waals surface area (Å²) in [5.41, 5.74) is 11.0. The zero-order chi connectivity index (χ0) is 12.8. The number of urea groups is 1. The summed E-state index contributed by atoms with van der Waals surface area (Å²) >= 11 is 4.68. The van der Waals surface area contributed by atoms with E-state index in [2.05, 4.69) is 22.9 Å². The summed E-state index contributed by atoms with van der Waals surface area (Å²) < 4.78 is 13.4. The maximum Gasteiger partial charge on any atom is 0.312 e. The number of hydrogen-bond acceptors (Lipinski definition) is 3. The fourth-order valence-electron chi connectivity index (χ4n) is 1.22. The van der Waals surface area contributed by atoms with Crippen LogP contribution >= 0.6 is 12.2 Å². The summed E-state index contributed by atoms with van der Waals surface area (Å²) in [5, 5.41) is 5.31. The lowest BCUT2D eigenvalue weighted by Gasteiger charge is -2.08. The number of nitrogens with two attached hydrogens (primary N) is 2. The molecule has 0 radical (unpaired) electrons. The standard InChI is InChI=1S/C10H13FN4OS/c11-8-5-6(1-2-7(8)9(12)17)14-3-4-15-10(13)16/h1-2,5,14H,3-4H2,(H2,12,17)(H3,13,15,16). The number of halogens is 1. The van der Waals surface area contributed by atoms with E-state index < -0.39 is 11.8 Å². The van der Waals surface area contributed by atoms with Crippen molar-refractivity contribution in [2.24, 2.45) is 11.5 Å². The fraction of sp³-hybridized carbons (Fsp3) is 0.200. The molecule has 1 aromatic carbocycles. The summed E-state index contributed by atoms with van der Waals surface area (Å²) in [6.07, 6.45) is 0. The number of carbonyl (C=O) groups is 1. The molecule has 6 N–H and O–H groups in total. The van der Waals surface area contributed by atoms with Gasteiger partial charge in [-0.3, -0.25) is 0 Å². The molecule has 1 aromatic rings. The minimum Gasteiger partial charge on any atom is -0.389 e. The van der Waals surface area contributed by atoms with Gasteiger partial charge in [-0.1, -0.05) is 12.2 Å². The van der Waals surface area contributed by atoms with Crippen molar-refractivity contribution >= 4 is 28.9 Å².